The van der Waals surface area contributed by atoms with Crippen molar-refractivity contribution >= 4 is 13.8 Å². The van der Waals surface area contributed by atoms with E-state index in [0.717, 1.165) is 0 Å². The van der Waals surface area contributed by atoms with E-state index in [9.17, 15) is 9.36 Å². The summed E-state index contributed by atoms with van der Waals surface area (Å²) in [5, 5.41) is 8.44. The number of aliphatic carboxylic acids is 1. The minimum absolute atomic E-state index is 0.0351. The molecule has 7 nitrogen and oxygen atoms in total. The number of carboxylic acids is 1. The topological polar surface area (TPSA) is 130 Å². The first-order valence-electron chi connectivity index (χ1n) is 4.51. The molecule has 15 heavy (non-hydrogen) atoms. The second-order valence-electron chi connectivity index (χ2n) is 3.12. The third-order valence-electron chi connectivity index (χ3n) is 1.74. The molecule has 0 fully saturated rings. The summed E-state index contributed by atoms with van der Waals surface area (Å²) in [7, 11) is -4.37. The summed E-state index contributed by atoms with van der Waals surface area (Å²) in [6.07, 6.45) is 2.04. The van der Waals surface area contributed by atoms with Crippen LogP contribution in [0.5, 0.6) is 0 Å². The summed E-state index contributed by atoms with van der Waals surface area (Å²) in [5.41, 5.74) is 5.25. The second kappa shape index (κ2) is 6.92. The van der Waals surface area contributed by atoms with Crippen molar-refractivity contribution in [3.05, 3.63) is 0 Å². The monoisotopic (exact) mass is 241 g/mol. The lowest BCUT2D eigenvalue weighted by Crippen LogP contribution is -2.29. The average molecular weight is 241 g/mol. The van der Waals surface area contributed by atoms with E-state index < -0.39 is 19.8 Å². The van der Waals surface area contributed by atoms with Crippen LogP contribution in [0.4, 0.5) is 0 Å². The standard InChI is InChI=1S/C7H16NO6P/c8-6(7(9)10)4-2-1-3-5-14-15(11,12)13/h6H,1-5,8H2,(H,9,10)(H2,11,12,13). The lowest BCUT2D eigenvalue weighted by atomic mass is 10.1. The minimum atomic E-state index is -4.37. The maximum Gasteiger partial charge on any atom is 0.469 e. The zero-order valence-electron chi connectivity index (χ0n) is 8.20. The van der Waals surface area contributed by atoms with Crippen molar-refractivity contribution < 1.29 is 28.8 Å². The highest BCUT2D eigenvalue weighted by molar-refractivity contribution is 7.46. The molecule has 0 aromatic carbocycles. The first kappa shape index (κ1) is 14.5. The number of carbonyl (C=O) groups is 1. The highest BCUT2D eigenvalue weighted by Crippen LogP contribution is 2.35. The molecular formula is C7H16NO6P. The predicted molar refractivity (Wildman–Crippen MR) is 52.1 cm³/mol. The Kier molecular flexibility index (Phi) is 6.71. The molecule has 0 amide bonds. The van der Waals surface area contributed by atoms with Gasteiger partial charge in [-0.15, -0.1) is 0 Å². The van der Waals surface area contributed by atoms with Crippen LogP contribution in [0.2, 0.25) is 0 Å². The summed E-state index contributed by atoms with van der Waals surface area (Å²) < 4.78 is 14.4. The van der Waals surface area contributed by atoms with Gasteiger partial charge in [-0.3, -0.25) is 9.32 Å². The fourth-order valence-electron chi connectivity index (χ4n) is 0.950. The van der Waals surface area contributed by atoms with Crippen molar-refractivity contribution in [2.24, 2.45) is 5.73 Å². The van der Waals surface area contributed by atoms with Crippen LogP contribution in [0.15, 0.2) is 0 Å². The van der Waals surface area contributed by atoms with Crippen LogP contribution in [0.25, 0.3) is 0 Å². The number of phosphoric ester groups is 1. The fraction of sp³-hybridized carbons (Fsp3) is 0.857. The number of hydrogen-bond acceptors (Lipinski definition) is 4. The molecule has 8 heteroatoms. The van der Waals surface area contributed by atoms with Gasteiger partial charge >= 0.3 is 13.8 Å². The van der Waals surface area contributed by atoms with Crippen molar-refractivity contribution in [1.29, 1.82) is 0 Å². The minimum Gasteiger partial charge on any atom is -0.480 e. The number of unbranched alkanes of at least 4 members (excludes halogenated alkanes) is 2. The van der Waals surface area contributed by atoms with Crippen LogP contribution in [0.3, 0.4) is 0 Å². The molecule has 90 valence electrons. The van der Waals surface area contributed by atoms with Crippen LogP contribution < -0.4 is 5.73 Å². The Balaban J connectivity index is 3.33. The Morgan fingerprint density at radius 1 is 1.33 bits per heavy atom. The van der Waals surface area contributed by atoms with E-state index in [1.165, 1.54) is 0 Å². The Bertz CT molecular complexity index is 240. The number of phosphoric acid groups is 1. The van der Waals surface area contributed by atoms with Gasteiger partial charge in [-0.1, -0.05) is 12.8 Å². The van der Waals surface area contributed by atoms with Gasteiger partial charge in [0.2, 0.25) is 0 Å². The zero-order valence-corrected chi connectivity index (χ0v) is 9.10. The largest absolute Gasteiger partial charge is 0.480 e. The summed E-state index contributed by atoms with van der Waals surface area (Å²) in [5.74, 6) is -1.04. The molecule has 0 aromatic rings. The Labute approximate surface area is 87.5 Å². The van der Waals surface area contributed by atoms with Gasteiger partial charge < -0.3 is 20.6 Å². The van der Waals surface area contributed by atoms with Crippen LogP contribution in [0.1, 0.15) is 25.7 Å². The van der Waals surface area contributed by atoms with Crippen LogP contribution >= 0.6 is 7.82 Å². The Morgan fingerprint density at radius 3 is 2.40 bits per heavy atom. The molecule has 0 bridgehead atoms. The fourth-order valence-corrected chi connectivity index (χ4v) is 1.32. The quantitative estimate of drug-likeness (QED) is 0.349. The van der Waals surface area contributed by atoms with Gasteiger partial charge in [-0.25, -0.2) is 4.57 Å². The molecule has 0 rings (SSSR count). The van der Waals surface area contributed by atoms with Crippen molar-refractivity contribution in [1.82, 2.24) is 0 Å². The molecule has 0 radical (unpaired) electrons. The zero-order chi connectivity index (χ0) is 11.9. The normalized spacial score (nSPS) is 13.8. The summed E-state index contributed by atoms with van der Waals surface area (Å²) in [6.45, 7) is -0.0351. The second-order valence-corrected chi connectivity index (χ2v) is 4.36. The highest BCUT2D eigenvalue weighted by Gasteiger charge is 2.13. The maximum absolute atomic E-state index is 10.3. The molecule has 0 heterocycles. The highest BCUT2D eigenvalue weighted by atomic mass is 31.2. The first-order valence-corrected chi connectivity index (χ1v) is 6.04. The van der Waals surface area contributed by atoms with Gasteiger partial charge in [0.25, 0.3) is 0 Å². The number of hydrogen-bond donors (Lipinski definition) is 4. The van der Waals surface area contributed by atoms with E-state index in [-0.39, 0.29) is 6.61 Å². The third kappa shape index (κ3) is 9.84. The average Bonchev–Trinajstić information content (AvgIpc) is 2.08. The third-order valence-corrected chi connectivity index (χ3v) is 2.26. The van der Waals surface area contributed by atoms with Crippen LogP contribution in [0, 0.1) is 0 Å². The summed E-state index contributed by atoms with van der Waals surface area (Å²) in [4.78, 5) is 27.0. The molecule has 0 saturated heterocycles. The molecule has 0 saturated carbocycles. The summed E-state index contributed by atoms with van der Waals surface area (Å²) >= 11 is 0. The van der Waals surface area contributed by atoms with E-state index in [4.69, 9.17) is 20.6 Å². The molecule has 0 aliphatic carbocycles. The lowest BCUT2D eigenvalue weighted by molar-refractivity contribution is -0.138. The van der Waals surface area contributed by atoms with Crippen LogP contribution in [-0.2, 0) is 13.9 Å². The number of nitrogens with two attached hydrogens (primary N) is 1. The van der Waals surface area contributed by atoms with Gasteiger partial charge in [0.15, 0.2) is 0 Å². The number of carboxylic acid groups (broad SMARTS) is 1. The SMILES string of the molecule is NC(CCCCCOP(=O)(O)O)C(=O)O. The van der Waals surface area contributed by atoms with Crippen LogP contribution in [-0.4, -0.2) is 33.5 Å². The Hall–Kier alpha value is -0.460. The van der Waals surface area contributed by atoms with E-state index >= 15 is 0 Å². The first-order chi connectivity index (χ1) is 6.83. The molecule has 5 N–H and O–H groups in total. The van der Waals surface area contributed by atoms with Crippen molar-refractivity contribution in [2.75, 3.05) is 6.61 Å². The molecule has 1 unspecified atom stereocenters. The van der Waals surface area contributed by atoms with Gasteiger partial charge in [0, 0.05) is 0 Å². The molecule has 0 aliphatic heterocycles. The van der Waals surface area contributed by atoms with Gasteiger partial charge in [-0.05, 0) is 12.8 Å². The van der Waals surface area contributed by atoms with Crippen molar-refractivity contribution in [3.63, 3.8) is 0 Å². The molecular weight excluding hydrogens is 225 g/mol. The van der Waals surface area contributed by atoms with E-state index in [2.05, 4.69) is 4.52 Å². The number of rotatable bonds is 8. The molecule has 0 spiro atoms. The molecule has 0 aromatic heterocycles. The smallest absolute Gasteiger partial charge is 0.469 e. The Morgan fingerprint density at radius 2 is 1.93 bits per heavy atom. The van der Waals surface area contributed by atoms with Gasteiger partial charge in [-0.2, -0.15) is 0 Å². The van der Waals surface area contributed by atoms with E-state index in [1.807, 2.05) is 0 Å². The van der Waals surface area contributed by atoms with Crippen molar-refractivity contribution in [3.8, 4) is 0 Å². The molecule has 1 atom stereocenters. The predicted octanol–water partition coefficient (Wildman–Crippen LogP) is 0.0680. The van der Waals surface area contributed by atoms with Gasteiger partial charge in [0.1, 0.15) is 6.04 Å². The van der Waals surface area contributed by atoms with E-state index in [1.54, 1.807) is 0 Å². The lowest BCUT2D eigenvalue weighted by Gasteiger charge is -2.06. The van der Waals surface area contributed by atoms with Crippen molar-refractivity contribution in [2.45, 2.75) is 31.7 Å². The molecule has 0 aliphatic rings. The summed E-state index contributed by atoms with van der Waals surface area (Å²) in [6, 6.07) is -0.868. The van der Waals surface area contributed by atoms with Gasteiger partial charge in [0.05, 0.1) is 6.61 Å². The maximum atomic E-state index is 10.3. The van der Waals surface area contributed by atoms with E-state index in [0.29, 0.717) is 25.7 Å².